The van der Waals surface area contributed by atoms with Crippen molar-refractivity contribution in [2.24, 2.45) is 0 Å². The minimum absolute atomic E-state index is 0.150. The van der Waals surface area contributed by atoms with Gasteiger partial charge in [-0.3, -0.25) is 9.36 Å². The smallest absolute Gasteiger partial charge is 0.234 e. The Morgan fingerprint density at radius 3 is 2.13 bits per heavy atom. The molecule has 4 aromatic carbocycles. The molecule has 0 fully saturated rings. The molecule has 0 aliphatic rings. The van der Waals surface area contributed by atoms with Crippen LogP contribution in [0.5, 0.6) is 11.5 Å². The zero-order chi connectivity index (χ0) is 26.9. The van der Waals surface area contributed by atoms with E-state index in [1.165, 1.54) is 11.8 Å². The molecule has 196 valence electrons. The van der Waals surface area contributed by atoms with Crippen LogP contribution in [0, 0.1) is 0 Å². The van der Waals surface area contributed by atoms with Crippen LogP contribution in [0.15, 0.2) is 114 Å². The summed E-state index contributed by atoms with van der Waals surface area (Å²) in [4.78, 5) is 12.7. The molecular formula is C30H25ClN4O3S. The number of nitrogens with zero attached hydrogens (tertiary/aromatic N) is 3. The van der Waals surface area contributed by atoms with Crippen LogP contribution in [0.1, 0.15) is 11.4 Å². The van der Waals surface area contributed by atoms with Crippen LogP contribution >= 0.6 is 23.4 Å². The van der Waals surface area contributed by atoms with Crippen LogP contribution in [0.25, 0.3) is 5.69 Å². The van der Waals surface area contributed by atoms with Gasteiger partial charge in [-0.1, -0.05) is 71.9 Å². The highest BCUT2D eigenvalue weighted by atomic mass is 35.5. The minimum Gasteiger partial charge on any atom is -0.489 e. The van der Waals surface area contributed by atoms with Crippen LogP contribution in [0.2, 0.25) is 5.02 Å². The lowest BCUT2D eigenvalue weighted by Gasteiger charge is -2.12. The van der Waals surface area contributed by atoms with Crippen molar-refractivity contribution in [1.82, 2.24) is 14.8 Å². The number of nitrogens with one attached hydrogen (secondary N) is 1. The highest BCUT2D eigenvalue weighted by Gasteiger charge is 2.17. The van der Waals surface area contributed by atoms with Gasteiger partial charge < -0.3 is 14.8 Å². The maximum Gasteiger partial charge on any atom is 0.234 e. The molecule has 1 aromatic heterocycles. The molecule has 9 heteroatoms. The first-order valence-corrected chi connectivity index (χ1v) is 13.6. The van der Waals surface area contributed by atoms with Gasteiger partial charge in [-0.25, -0.2) is 0 Å². The molecule has 7 nitrogen and oxygen atoms in total. The lowest BCUT2D eigenvalue weighted by molar-refractivity contribution is -0.113. The maximum absolute atomic E-state index is 12.7. The quantitative estimate of drug-likeness (QED) is 0.180. The van der Waals surface area contributed by atoms with Gasteiger partial charge in [-0.05, 0) is 66.2 Å². The van der Waals surface area contributed by atoms with Gasteiger partial charge in [0.15, 0.2) is 11.0 Å². The number of ether oxygens (including phenoxy) is 2. The molecule has 0 atom stereocenters. The average Bonchev–Trinajstić information content (AvgIpc) is 3.39. The molecule has 0 saturated carbocycles. The van der Waals surface area contributed by atoms with Gasteiger partial charge in [0.05, 0.1) is 5.75 Å². The van der Waals surface area contributed by atoms with Crippen molar-refractivity contribution in [3.05, 3.63) is 126 Å². The zero-order valence-electron chi connectivity index (χ0n) is 20.9. The SMILES string of the molecule is O=C(CSc1nnc(COc2ccccc2)n1-c1ccc(Cl)cc1)Nc1ccc(OCc2ccccc2)cc1. The second-order valence-electron chi connectivity index (χ2n) is 8.45. The van der Waals surface area contributed by atoms with Crippen LogP contribution in [0.3, 0.4) is 0 Å². The number of benzene rings is 4. The Labute approximate surface area is 235 Å². The standard InChI is InChI=1S/C30H25ClN4O3S/c31-23-11-15-25(16-12-23)35-28(20-38-26-9-5-2-6-10-26)33-34-30(35)39-21-29(36)32-24-13-17-27(18-14-24)37-19-22-7-3-1-4-8-22/h1-18H,19-21H2,(H,32,36). The van der Waals surface area contributed by atoms with E-state index in [1.807, 2.05) is 102 Å². The molecule has 0 aliphatic carbocycles. The van der Waals surface area contributed by atoms with E-state index in [9.17, 15) is 4.79 Å². The van der Waals surface area contributed by atoms with E-state index in [0.29, 0.717) is 28.3 Å². The monoisotopic (exact) mass is 556 g/mol. The molecule has 39 heavy (non-hydrogen) atoms. The van der Waals surface area contributed by atoms with E-state index in [4.69, 9.17) is 21.1 Å². The van der Waals surface area contributed by atoms with Crippen molar-refractivity contribution in [2.45, 2.75) is 18.4 Å². The van der Waals surface area contributed by atoms with Crippen LogP contribution in [0.4, 0.5) is 5.69 Å². The van der Waals surface area contributed by atoms with Gasteiger partial charge in [0.25, 0.3) is 0 Å². The zero-order valence-corrected chi connectivity index (χ0v) is 22.4. The molecular weight excluding hydrogens is 532 g/mol. The van der Waals surface area contributed by atoms with Crippen molar-refractivity contribution in [1.29, 1.82) is 0 Å². The van der Waals surface area contributed by atoms with E-state index in [1.54, 1.807) is 12.1 Å². The largest absolute Gasteiger partial charge is 0.489 e. The first kappa shape index (κ1) is 26.3. The lowest BCUT2D eigenvalue weighted by Crippen LogP contribution is -2.14. The van der Waals surface area contributed by atoms with Crippen molar-refractivity contribution < 1.29 is 14.3 Å². The Hall–Kier alpha value is -4.27. The van der Waals surface area contributed by atoms with Crippen molar-refractivity contribution in [3.8, 4) is 17.2 Å². The summed E-state index contributed by atoms with van der Waals surface area (Å²) in [6.07, 6.45) is 0. The van der Waals surface area contributed by atoms with E-state index in [2.05, 4.69) is 15.5 Å². The second-order valence-corrected chi connectivity index (χ2v) is 9.83. The molecule has 0 bridgehead atoms. The van der Waals surface area contributed by atoms with E-state index >= 15 is 0 Å². The molecule has 1 N–H and O–H groups in total. The summed E-state index contributed by atoms with van der Waals surface area (Å²) in [5.41, 5.74) is 2.60. The van der Waals surface area contributed by atoms with Crippen molar-refractivity contribution in [3.63, 3.8) is 0 Å². The van der Waals surface area contributed by atoms with Gasteiger partial charge >= 0.3 is 0 Å². The number of amides is 1. The summed E-state index contributed by atoms with van der Waals surface area (Å²) >= 11 is 7.39. The van der Waals surface area contributed by atoms with Crippen LogP contribution < -0.4 is 14.8 Å². The number of carbonyl (C=O) groups excluding carboxylic acids is 1. The molecule has 0 unspecified atom stereocenters. The topological polar surface area (TPSA) is 78.3 Å². The predicted molar refractivity (Wildman–Crippen MR) is 154 cm³/mol. The summed E-state index contributed by atoms with van der Waals surface area (Å²) in [6, 6.07) is 34.1. The summed E-state index contributed by atoms with van der Waals surface area (Å²) < 4.78 is 13.6. The number of hydrogen-bond donors (Lipinski definition) is 1. The number of hydrogen-bond acceptors (Lipinski definition) is 6. The Kier molecular flexibility index (Phi) is 8.78. The fourth-order valence-electron chi connectivity index (χ4n) is 3.70. The van der Waals surface area contributed by atoms with Gasteiger partial charge in [-0.15, -0.1) is 10.2 Å². The van der Waals surface area contributed by atoms with E-state index < -0.39 is 0 Å². The third-order valence-electron chi connectivity index (χ3n) is 5.62. The fourth-order valence-corrected chi connectivity index (χ4v) is 4.60. The molecule has 1 amide bonds. The van der Waals surface area contributed by atoms with Gasteiger partial charge in [0, 0.05) is 16.4 Å². The van der Waals surface area contributed by atoms with Gasteiger partial charge in [0.2, 0.25) is 5.91 Å². The Bertz CT molecular complexity index is 1500. The molecule has 5 aromatic rings. The number of anilines is 1. The van der Waals surface area contributed by atoms with Crippen molar-refractivity contribution >= 4 is 35.0 Å². The molecule has 0 saturated heterocycles. The lowest BCUT2D eigenvalue weighted by atomic mass is 10.2. The van der Waals surface area contributed by atoms with E-state index in [-0.39, 0.29) is 18.3 Å². The molecule has 0 spiro atoms. The summed E-state index contributed by atoms with van der Waals surface area (Å²) in [5.74, 6) is 2.05. The van der Waals surface area contributed by atoms with Gasteiger partial charge in [-0.2, -0.15) is 0 Å². The first-order valence-electron chi connectivity index (χ1n) is 12.2. The molecule has 0 radical (unpaired) electrons. The number of carbonyl (C=O) groups is 1. The minimum atomic E-state index is -0.161. The number of rotatable bonds is 11. The van der Waals surface area contributed by atoms with E-state index in [0.717, 1.165) is 22.7 Å². The third kappa shape index (κ3) is 7.40. The maximum atomic E-state index is 12.7. The molecule has 1 heterocycles. The summed E-state index contributed by atoms with van der Waals surface area (Å²) in [6.45, 7) is 0.695. The third-order valence-corrected chi connectivity index (χ3v) is 6.80. The predicted octanol–water partition coefficient (Wildman–Crippen LogP) is 6.81. The highest BCUT2D eigenvalue weighted by molar-refractivity contribution is 7.99. The number of halogens is 1. The average molecular weight is 557 g/mol. The first-order chi connectivity index (χ1) is 19.1. The van der Waals surface area contributed by atoms with Gasteiger partial charge in [0.1, 0.15) is 24.7 Å². The van der Waals surface area contributed by atoms with Crippen molar-refractivity contribution in [2.75, 3.05) is 11.1 Å². The molecule has 5 rings (SSSR count). The number of aromatic nitrogens is 3. The summed E-state index contributed by atoms with van der Waals surface area (Å²) in [5, 5.41) is 12.8. The fraction of sp³-hybridized carbons (Fsp3) is 0.100. The van der Waals surface area contributed by atoms with Crippen LogP contribution in [-0.4, -0.2) is 26.4 Å². The molecule has 0 aliphatic heterocycles. The van der Waals surface area contributed by atoms with Crippen LogP contribution in [-0.2, 0) is 18.0 Å². The Balaban J connectivity index is 1.21. The Morgan fingerprint density at radius 2 is 1.41 bits per heavy atom. The normalized spacial score (nSPS) is 10.7. The number of thioether (sulfide) groups is 1. The summed E-state index contributed by atoms with van der Waals surface area (Å²) in [7, 11) is 0. The Morgan fingerprint density at radius 1 is 0.769 bits per heavy atom. The second kappa shape index (κ2) is 13.0. The number of para-hydroxylation sites is 1. The highest BCUT2D eigenvalue weighted by Crippen LogP contribution is 2.25.